The van der Waals surface area contributed by atoms with Crippen LogP contribution in [-0.2, 0) is 6.54 Å². The number of nitrogens with one attached hydrogen (secondary N) is 1. The lowest BCUT2D eigenvalue weighted by molar-refractivity contribution is 0.476. The quantitative estimate of drug-likeness (QED) is 0.901. The predicted octanol–water partition coefficient (Wildman–Crippen LogP) is 3.31. The van der Waals surface area contributed by atoms with Gasteiger partial charge in [0.05, 0.1) is 0 Å². The molecule has 1 aliphatic heterocycles. The molecule has 0 aliphatic carbocycles. The van der Waals surface area contributed by atoms with Crippen LogP contribution in [0.5, 0.6) is 0 Å². The topological polar surface area (TPSA) is 15.3 Å². The van der Waals surface area contributed by atoms with Gasteiger partial charge in [-0.3, -0.25) is 0 Å². The SMILES string of the molecule is CNCc1cc(F)c(N2CCCC2C(C)C)c(F)c1. The van der Waals surface area contributed by atoms with Gasteiger partial charge in [0.1, 0.15) is 17.3 Å². The van der Waals surface area contributed by atoms with Gasteiger partial charge < -0.3 is 10.2 Å². The Morgan fingerprint density at radius 2 is 1.95 bits per heavy atom. The van der Waals surface area contributed by atoms with Gasteiger partial charge in [-0.05, 0) is 43.5 Å². The summed E-state index contributed by atoms with van der Waals surface area (Å²) in [7, 11) is 1.76. The summed E-state index contributed by atoms with van der Waals surface area (Å²) in [5.41, 5.74) is 0.789. The molecule has 2 rings (SSSR count). The molecular formula is C15H22F2N2. The van der Waals surface area contributed by atoms with E-state index in [1.54, 1.807) is 7.05 Å². The third kappa shape index (κ3) is 2.89. The molecule has 1 saturated heterocycles. The van der Waals surface area contributed by atoms with E-state index in [4.69, 9.17) is 0 Å². The second-order valence-corrected chi connectivity index (χ2v) is 5.59. The number of benzene rings is 1. The minimum Gasteiger partial charge on any atom is -0.364 e. The molecule has 1 unspecified atom stereocenters. The van der Waals surface area contributed by atoms with E-state index in [1.807, 2.05) is 4.90 Å². The number of anilines is 1. The first-order valence-electron chi connectivity index (χ1n) is 6.93. The second kappa shape index (κ2) is 5.87. The van der Waals surface area contributed by atoms with Crippen molar-refractivity contribution in [3.63, 3.8) is 0 Å². The summed E-state index contributed by atoms with van der Waals surface area (Å²) >= 11 is 0. The van der Waals surface area contributed by atoms with Gasteiger partial charge in [0.15, 0.2) is 0 Å². The highest BCUT2D eigenvalue weighted by atomic mass is 19.1. The van der Waals surface area contributed by atoms with Gasteiger partial charge in [-0.25, -0.2) is 8.78 Å². The van der Waals surface area contributed by atoms with E-state index in [-0.39, 0.29) is 11.7 Å². The lowest BCUT2D eigenvalue weighted by Gasteiger charge is -2.30. The first-order valence-corrected chi connectivity index (χ1v) is 6.93. The van der Waals surface area contributed by atoms with E-state index < -0.39 is 11.6 Å². The minimum atomic E-state index is -0.446. The van der Waals surface area contributed by atoms with Gasteiger partial charge in [0, 0.05) is 19.1 Å². The van der Waals surface area contributed by atoms with Gasteiger partial charge in [-0.15, -0.1) is 0 Å². The maximum atomic E-state index is 14.2. The van der Waals surface area contributed by atoms with Crippen LogP contribution in [0, 0.1) is 17.6 Å². The number of halogens is 2. The summed E-state index contributed by atoms with van der Waals surface area (Å²) in [4.78, 5) is 1.90. The van der Waals surface area contributed by atoms with Crippen LogP contribution in [-0.4, -0.2) is 19.6 Å². The molecule has 1 atom stereocenters. The van der Waals surface area contributed by atoms with E-state index in [2.05, 4.69) is 19.2 Å². The van der Waals surface area contributed by atoms with E-state index >= 15 is 0 Å². The first kappa shape index (κ1) is 14.3. The third-order valence-electron chi connectivity index (χ3n) is 3.81. The molecule has 0 spiro atoms. The Hall–Kier alpha value is -1.16. The lowest BCUT2D eigenvalue weighted by atomic mass is 10.0. The molecule has 0 amide bonds. The molecule has 106 valence electrons. The molecule has 1 aliphatic rings. The third-order valence-corrected chi connectivity index (χ3v) is 3.81. The van der Waals surface area contributed by atoms with Crippen molar-refractivity contribution < 1.29 is 8.78 Å². The van der Waals surface area contributed by atoms with E-state index in [9.17, 15) is 8.78 Å². The van der Waals surface area contributed by atoms with Crippen molar-refractivity contribution >= 4 is 5.69 Å². The molecule has 2 nitrogen and oxygen atoms in total. The highest BCUT2D eigenvalue weighted by molar-refractivity contribution is 5.52. The van der Waals surface area contributed by atoms with Crippen molar-refractivity contribution in [2.45, 2.75) is 39.3 Å². The van der Waals surface area contributed by atoms with Gasteiger partial charge in [-0.2, -0.15) is 0 Å². The van der Waals surface area contributed by atoms with Crippen LogP contribution >= 0.6 is 0 Å². The van der Waals surface area contributed by atoms with Crippen LogP contribution in [0.25, 0.3) is 0 Å². The van der Waals surface area contributed by atoms with E-state index in [0.29, 0.717) is 18.0 Å². The Balaban J connectivity index is 2.34. The summed E-state index contributed by atoms with van der Waals surface area (Å²) in [6.45, 7) is 5.42. The van der Waals surface area contributed by atoms with Crippen LogP contribution in [0.3, 0.4) is 0 Å². The first-order chi connectivity index (χ1) is 9.04. The molecule has 1 fully saturated rings. The largest absolute Gasteiger partial charge is 0.364 e. The zero-order chi connectivity index (χ0) is 14.0. The summed E-state index contributed by atoms with van der Waals surface area (Å²) in [5.74, 6) is -0.492. The Kier molecular flexibility index (Phi) is 4.40. The van der Waals surface area contributed by atoms with Crippen molar-refractivity contribution in [3.05, 3.63) is 29.3 Å². The van der Waals surface area contributed by atoms with Crippen molar-refractivity contribution in [1.82, 2.24) is 5.32 Å². The molecule has 0 aromatic heterocycles. The Bertz CT molecular complexity index is 423. The van der Waals surface area contributed by atoms with Crippen LogP contribution in [0.15, 0.2) is 12.1 Å². The number of nitrogens with zero attached hydrogens (tertiary/aromatic N) is 1. The molecule has 0 radical (unpaired) electrons. The fourth-order valence-corrected chi connectivity index (χ4v) is 2.96. The van der Waals surface area contributed by atoms with E-state index in [1.165, 1.54) is 12.1 Å². The lowest BCUT2D eigenvalue weighted by Crippen LogP contribution is -2.34. The Morgan fingerprint density at radius 1 is 1.32 bits per heavy atom. The van der Waals surface area contributed by atoms with Crippen molar-refractivity contribution in [2.75, 3.05) is 18.5 Å². The van der Waals surface area contributed by atoms with E-state index in [0.717, 1.165) is 19.4 Å². The normalized spacial score (nSPS) is 19.5. The average molecular weight is 268 g/mol. The second-order valence-electron chi connectivity index (χ2n) is 5.59. The van der Waals surface area contributed by atoms with Crippen molar-refractivity contribution in [3.8, 4) is 0 Å². The van der Waals surface area contributed by atoms with Gasteiger partial charge in [0.2, 0.25) is 0 Å². The van der Waals surface area contributed by atoms with Crippen LogP contribution in [0.4, 0.5) is 14.5 Å². The summed E-state index contributed by atoms with van der Waals surface area (Å²) < 4.78 is 28.4. The minimum absolute atomic E-state index is 0.149. The maximum Gasteiger partial charge on any atom is 0.149 e. The van der Waals surface area contributed by atoms with Crippen LogP contribution in [0.1, 0.15) is 32.3 Å². The molecule has 1 heterocycles. The monoisotopic (exact) mass is 268 g/mol. The van der Waals surface area contributed by atoms with Crippen molar-refractivity contribution in [1.29, 1.82) is 0 Å². The Morgan fingerprint density at radius 3 is 2.47 bits per heavy atom. The smallest absolute Gasteiger partial charge is 0.149 e. The van der Waals surface area contributed by atoms with Crippen LogP contribution < -0.4 is 10.2 Å². The standard InChI is InChI=1S/C15H22F2N2/c1-10(2)14-5-4-6-19(14)15-12(16)7-11(9-18-3)8-13(15)17/h7-8,10,14,18H,4-6,9H2,1-3H3. The maximum absolute atomic E-state index is 14.2. The molecule has 0 bridgehead atoms. The van der Waals surface area contributed by atoms with Gasteiger partial charge in [0.25, 0.3) is 0 Å². The fraction of sp³-hybridized carbons (Fsp3) is 0.600. The number of hydrogen-bond acceptors (Lipinski definition) is 2. The average Bonchev–Trinajstić information content (AvgIpc) is 2.77. The number of hydrogen-bond donors (Lipinski definition) is 1. The molecule has 1 N–H and O–H groups in total. The highest BCUT2D eigenvalue weighted by Crippen LogP contribution is 2.34. The zero-order valence-electron chi connectivity index (χ0n) is 11.8. The van der Waals surface area contributed by atoms with Crippen molar-refractivity contribution in [2.24, 2.45) is 5.92 Å². The highest BCUT2D eigenvalue weighted by Gasteiger charge is 2.31. The summed E-state index contributed by atoms with van der Waals surface area (Å²) in [6.07, 6.45) is 2.01. The fourth-order valence-electron chi connectivity index (χ4n) is 2.96. The molecule has 1 aromatic rings. The van der Waals surface area contributed by atoms with Crippen LogP contribution in [0.2, 0.25) is 0 Å². The number of rotatable bonds is 4. The molecule has 4 heteroatoms. The summed E-state index contributed by atoms with van der Waals surface area (Å²) in [6, 6.07) is 3.11. The van der Waals surface area contributed by atoms with Gasteiger partial charge in [-0.1, -0.05) is 13.8 Å². The Labute approximate surface area is 113 Å². The molecular weight excluding hydrogens is 246 g/mol. The predicted molar refractivity (Wildman–Crippen MR) is 74.3 cm³/mol. The molecule has 1 aromatic carbocycles. The molecule has 19 heavy (non-hydrogen) atoms. The summed E-state index contributed by atoms with van der Waals surface area (Å²) in [5, 5.41) is 2.91. The molecule has 0 saturated carbocycles. The van der Waals surface area contributed by atoms with Gasteiger partial charge >= 0.3 is 0 Å². The zero-order valence-corrected chi connectivity index (χ0v) is 11.8.